The summed E-state index contributed by atoms with van der Waals surface area (Å²) in [5.41, 5.74) is 0.485. The van der Waals surface area contributed by atoms with Crippen molar-refractivity contribution >= 4 is 23.4 Å². The number of carbonyl (C=O) groups is 1. The van der Waals surface area contributed by atoms with E-state index in [1.54, 1.807) is 12.1 Å². The molecule has 1 saturated heterocycles. The standard InChI is InChI=1S/C12H15ClN2O2/c1-17-12(16)9-5-6-10(13)14-11(9)15-7-3-2-4-8-15/h5-6H,2-4,7-8H2,1H3. The minimum Gasteiger partial charge on any atom is -0.465 e. The van der Waals surface area contributed by atoms with Crippen LogP contribution in [0.1, 0.15) is 29.6 Å². The van der Waals surface area contributed by atoms with Crippen molar-refractivity contribution in [3.8, 4) is 0 Å². The van der Waals surface area contributed by atoms with Gasteiger partial charge in [-0.1, -0.05) is 11.6 Å². The van der Waals surface area contributed by atoms with Gasteiger partial charge in [-0.15, -0.1) is 0 Å². The molecule has 0 saturated carbocycles. The Morgan fingerprint density at radius 2 is 2.06 bits per heavy atom. The van der Waals surface area contributed by atoms with Crippen LogP contribution in [0.25, 0.3) is 0 Å². The Hall–Kier alpha value is -1.29. The summed E-state index contributed by atoms with van der Waals surface area (Å²) in [5, 5.41) is 0.401. The fourth-order valence-electron chi connectivity index (χ4n) is 2.04. The Kier molecular flexibility index (Phi) is 3.84. The van der Waals surface area contributed by atoms with Crippen LogP contribution in [0.2, 0.25) is 5.15 Å². The van der Waals surface area contributed by atoms with Gasteiger partial charge in [0.25, 0.3) is 0 Å². The Bertz CT molecular complexity index is 417. The quantitative estimate of drug-likeness (QED) is 0.601. The molecule has 0 atom stereocenters. The highest BCUT2D eigenvalue weighted by atomic mass is 35.5. The molecule has 1 aliphatic heterocycles. The number of aromatic nitrogens is 1. The molecule has 0 amide bonds. The Morgan fingerprint density at radius 1 is 1.35 bits per heavy atom. The molecule has 0 bridgehead atoms. The Morgan fingerprint density at radius 3 is 2.71 bits per heavy atom. The monoisotopic (exact) mass is 254 g/mol. The van der Waals surface area contributed by atoms with Crippen LogP contribution in [0, 0.1) is 0 Å². The van der Waals surface area contributed by atoms with Gasteiger partial charge in [-0.25, -0.2) is 9.78 Å². The van der Waals surface area contributed by atoms with E-state index in [0.29, 0.717) is 16.5 Å². The van der Waals surface area contributed by atoms with Gasteiger partial charge in [-0.2, -0.15) is 0 Å². The van der Waals surface area contributed by atoms with E-state index in [-0.39, 0.29) is 5.97 Å². The Labute approximate surface area is 106 Å². The summed E-state index contributed by atoms with van der Waals surface area (Å²) in [4.78, 5) is 18.0. The van der Waals surface area contributed by atoms with Crippen molar-refractivity contribution in [3.05, 3.63) is 22.8 Å². The second kappa shape index (κ2) is 5.36. The molecule has 17 heavy (non-hydrogen) atoms. The number of halogens is 1. The van der Waals surface area contributed by atoms with E-state index < -0.39 is 0 Å². The lowest BCUT2D eigenvalue weighted by Gasteiger charge is -2.28. The zero-order valence-corrected chi connectivity index (χ0v) is 10.5. The van der Waals surface area contributed by atoms with Gasteiger partial charge in [0.2, 0.25) is 0 Å². The maximum atomic E-state index is 11.7. The molecule has 1 aromatic rings. The van der Waals surface area contributed by atoms with Gasteiger partial charge in [0.1, 0.15) is 16.5 Å². The summed E-state index contributed by atoms with van der Waals surface area (Å²) in [5.74, 6) is 0.277. The fourth-order valence-corrected chi connectivity index (χ4v) is 2.18. The van der Waals surface area contributed by atoms with Gasteiger partial charge in [0.05, 0.1) is 7.11 Å². The molecule has 2 heterocycles. The SMILES string of the molecule is COC(=O)c1ccc(Cl)nc1N1CCCCC1. The number of rotatable bonds is 2. The van der Waals surface area contributed by atoms with Crippen LogP contribution >= 0.6 is 11.6 Å². The van der Waals surface area contributed by atoms with Crippen LogP contribution in [0.4, 0.5) is 5.82 Å². The average Bonchev–Trinajstić information content (AvgIpc) is 2.39. The molecule has 0 aromatic carbocycles. The summed E-state index contributed by atoms with van der Waals surface area (Å²) in [7, 11) is 1.37. The molecule has 0 radical (unpaired) electrons. The minimum atomic E-state index is -0.366. The summed E-state index contributed by atoms with van der Waals surface area (Å²) in [6, 6.07) is 3.28. The van der Waals surface area contributed by atoms with Crippen LogP contribution in [-0.2, 0) is 4.74 Å². The fraction of sp³-hybridized carbons (Fsp3) is 0.500. The molecule has 1 fully saturated rings. The third-order valence-corrected chi connectivity index (χ3v) is 3.11. The number of anilines is 1. The first kappa shape index (κ1) is 12.2. The molecule has 0 aliphatic carbocycles. The van der Waals surface area contributed by atoms with Crippen molar-refractivity contribution in [2.75, 3.05) is 25.1 Å². The molecule has 92 valence electrons. The summed E-state index contributed by atoms with van der Waals surface area (Å²) >= 11 is 5.89. The lowest BCUT2D eigenvalue weighted by molar-refractivity contribution is 0.0601. The number of esters is 1. The van der Waals surface area contributed by atoms with Gasteiger partial charge in [-0.3, -0.25) is 0 Å². The first-order chi connectivity index (χ1) is 8.22. The van der Waals surface area contributed by atoms with Gasteiger partial charge in [-0.05, 0) is 31.4 Å². The van der Waals surface area contributed by atoms with E-state index in [2.05, 4.69) is 9.88 Å². The number of carbonyl (C=O) groups excluding carboxylic acids is 1. The molecule has 5 heteroatoms. The molecule has 0 spiro atoms. The molecule has 1 aromatic heterocycles. The zero-order valence-electron chi connectivity index (χ0n) is 9.78. The van der Waals surface area contributed by atoms with Crippen LogP contribution in [-0.4, -0.2) is 31.2 Å². The van der Waals surface area contributed by atoms with Crippen molar-refractivity contribution in [2.24, 2.45) is 0 Å². The lowest BCUT2D eigenvalue weighted by atomic mass is 10.1. The predicted molar refractivity (Wildman–Crippen MR) is 66.7 cm³/mol. The van der Waals surface area contributed by atoms with Crippen LogP contribution in [0.3, 0.4) is 0 Å². The molecule has 2 rings (SSSR count). The molecule has 1 aliphatic rings. The number of ether oxygens (including phenoxy) is 1. The molecule has 0 unspecified atom stereocenters. The summed E-state index contributed by atoms with van der Waals surface area (Å²) in [6.45, 7) is 1.83. The second-order valence-corrected chi connectivity index (χ2v) is 4.43. The normalized spacial score (nSPS) is 15.8. The highest BCUT2D eigenvalue weighted by molar-refractivity contribution is 6.29. The first-order valence-corrected chi connectivity index (χ1v) is 6.10. The van der Waals surface area contributed by atoms with Crippen molar-refractivity contribution in [1.82, 2.24) is 4.98 Å². The highest BCUT2D eigenvalue weighted by Crippen LogP contribution is 2.24. The van der Waals surface area contributed by atoms with Gasteiger partial charge in [0.15, 0.2) is 0 Å². The Balaban J connectivity index is 2.35. The van der Waals surface area contributed by atoms with Crippen molar-refractivity contribution in [2.45, 2.75) is 19.3 Å². The number of hydrogen-bond acceptors (Lipinski definition) is 4. The minimum absolute atomic E-state index is 0.366. The van der Waals surface area contributed by atoms with Gasteiger partial charge in [0, 0.05) is 13.1 Å². The maximum Gasteiger partial charge on any atom is 0.341 e. The zero-order chi connectivity index (χ0) is 12.3. The number of methoxy groups -OCH3 is 1. The van der Waals surface area contributed by atoms with E-state index in [1.807, 2.05) is 0 Å². The third kappa shape index (κ3) is 2.69. The number of nitrogens with zero attached hydrogens (tertiary/aromatic N) is 2. The summed E-state index contributed by atoms with van der Waals surface area (Å²) in [6.07, 6.45) is 3.47. The van der Waals surface area contributed by atoms with Crippen molar-refractivity contribution in [3.63, 3.8) is 0 Å². The molecule has 0 N–H and O–H groups in total. The van der Waals surface area contributed by atoms with Crippen LogP contribution < -0.4 is 4.90 Å². The van der Waals surface area contributed by atoms with E-state index in [4.69, 9.17) is 16.3 Å². The third-order valence-electron chi connectivity index (χ3n) is 2.90. The number of pyridine rings is 1. The van der Waals surface area contributed by atoms with Crippen molar-refractivity contribution < 1.29 is 9.53 Å². The van der Waals surface area contributed by atoms with Crippen LogP contribution in [0.15, 0.2) is 12.1 Å². The lowest BCUT2D eigenvalue weighted by Crippen LogP contribution is -2.31. The second-order valence-electron chi connectivity index (χ2n) is 4.04. The van der Waals surface area contributed by atoms with Crippen molar-refractivity contribution in [1.29, 1.82) is 0 Å². The van der Waals surface area contributed by atoms with E-state index in [1.165, 1.54) is 13.5 Å². The molecule has 4 nitrogen and oxygen atoms in total. The van der Waals surface area contributed by atoms with E-state index in [0.717, 1.165) is 25.9 Å². The highest BCUT2D eigenvalue weighted by Gasteiger charge is 2.20. The van der Waals surface area contributed by atoms with E-state index in [9.17, 15) is 4.79 Å². The average molecular weight is 255 g/mol. The van der Waals surface area contributed by atoms with Gasteiger partial charge < -0.3 is 9.64 Å². The number of piperidine rings is 1. The summed E-state index contributed by atoms with van der Waals surface area (Å²) < 4.78 is 4.76. The molecular formula is C12H15ClN2O2. The maximum absolute atomic E-state index is 11.7. The first-order valence-electron chi connectivity index (χ1n) is 5.72. The smallest absolute Gasteiger partial charge is 0.341 e. The largest absolute Gasteiger partial charge is 0.465 e. The predicted octanol–water partition coefficient (Wildman–Crippen LogP) is 2.51. The molecular weight excluding hydrogens is 240 g/mol. The number of hydrogen-bond donors (Lipinski definition) is 0. The van der Waals surface area contributed by atoms with Crippen LogP contribution in [0.5, 0.6) is 0 Å². The van der Waals surface area contributed by atoms with E-state index >= 15 is 0 Å². The van der Waals surface area contributed by atoms with Gasteiger partial charge >= 0.3 is 5.97 Å². The topological polar surface area (TPSA) is 42.4 Å².